The second kappa shape index (κ2) is 7.35. The number of aliphatic hydroxyl groups excluding tert-OH is 1. The number of hydrogen-bond donors (Lipinski definition) is 2. The zero-order valence-corrected chi connectivity index (χ0v) is 17.4. The van der Waals surface area contributed by atoms with E-state index in [0.717, 1.165) is 69.4 Å². The molecule has 1 aromatic carbocycles. The molecule has 2 N–H and O–H groups in total. The van der Waals surface area contributed by atoms with Gasteiger partial charge in [0.2, 0.25) is 5.95 Å². The Labute approximate surface area is 173 Å². The smallest absolute Gasteiger partial charge is 0.225 e. The fourth-order valence-corrected chi connectivity index (χ4v) is 5.72. The first-order chi connectivity index (χ1) is 14.1. The topological polar surface area (TPSA) is 64.5 Å². The highest BCUT2D eigenvalue weighted by Gasteiger charge is 2.53. The number of anilines is 1. The number of benzene rings is 1. The molecule has 3 heterocycles. The molecule has 1 aromatic heterocycles. The zero-order chi connectivity index (χ0) is 20.0. The SMILES string of the molecule is Cc1cc(C)nc(N2CCN([C@@H]3c4ccccc4C4(CCNCC4)[C@H]3O)CC2)n1. The molecular weight excluding hydrogens is 362 g/mol. The fraction of sp³-hybridized carbons (Fsp3) is 0.565. The second-order valence-electron chi connectivity index (χ2n) is 8.86. The minimum atomic E-state index is -0.342. The zero-order valence-electron chi connectivity index (χ0n) is 17.4. The molecule has 6 heteroatoms. The van der Waals surface area contributed by atoms with Crippen LogP contribution in [0.3, 0.4) is 0 Å². The number of piperazine rings is 1. The third kappa shape index (κ3) is 3.14. The van der Waals surface area contributed by atoms with Gasteiger partial charge in [0, 0.05) is 43.0 Å². The fourth-order valence-electron chi connectivity index (χ4n) is 5.72. The Bertz CT molecular complexity index is 866. The molecule has 2 fully saturated rings. The van der Waals surface area contributed by atoms with E-state index in [2.05, 4.69) is 49.4 Å². The lowest BCUT2D eigenvalue weighted by Crippen LogP contribution is -2.53. The van der Waals surface area contributed by atoms with Crippen LogP contribution in [0.2, 0.25) is 0 Å². The van der Waals surface area contributed by atoms with Crippen molar-refractivity contribution in [3.05, 3.63) is 52.8 Å². The van der Waals surface area contributed by atoms with Gasteiger partial charge in [-0.05, 0) is 57.0 Å². The van der Waals surface area contributed by atoms with Gasteiger partial charge in [-0.15, -0.1) is 0 Å². The van der Waals surface area contributed by atoms with Crippen molar-refractivity contribution < 1.29 is 5.11 Å². The molecule has 29 heavy (non-hydrogen) atoms. The van der Waals surface area contributed by atoms with Gasteiger partial charge in [0.1, 0.15) is 0 Å². The van der Waals surface area contributed by atoms with E-state index in [0.29, 0.717) is 0 Å². The Kier molecular flexibility index (Phi) is 4.81. The second-order valence-corrected chi connectivity index (χ2v) is 8.86. The van der Waals surface area contributed by atoms with Crippen LogP contribution in [0.15, 0.2) is 30.3 Å². The Balaban J connectivity index is 1.38. The predicted octanol–water partition coefficient (Wildman–Crippen LogP) is 1.95. The molecule has 1 spiro atoms. The van der Waals surface area contributed by atoms with E-state index in [4.69, 9.17) is 0 Å². The molecule has 0 radical (unpaired) electrons. The average molecular weight is 394 g/mol. The summed E-state index contributed by atoms with van der Waals surface area (Å²) >= 11 is 0. The number of aliphatic hydroxyl groups is 1. The summed E-state index contributed by atoms with van der Waals surface area (Å²) in [6, 6.07) is 10.9. The number of nitrogens with one attached hydrogen (secondary N) is 1. The Morgan fingerprint density at radius 3 is 2.34 bits per heavy atom. The van der Waals surface area contributed by atoms with E-state index in [-0.39, 0.29) is 17.6 Å². The van der Waals surface area contributed by atoms with Gasteiger partial charge in [-0.2, -0.15) is 0 Å². The molecule has 0 amide bonds. The molecule has 2 aliphatic heterocycles. The summed E-state index contributed by atoms with van der Waals surface area (Å²) in [5, 5.41) is 15.1. The lowest BCUT2D eigenvalue weighted by molar-refractivity contribution is -0.00367. The van der Waals surface area contributed by atoms with Crippen molar-refractivity contribution >= 4 is 5.95 Å². The molecule has 3 aliphatic rings. The normalized spacial score (nSPS) is 26.7. The van der Waals surface area contributed by atoms with Gasteiger partial charge in [0.05, 0.1) is 12.1 Å². The van der Waals surface area contributed by atoms with Crippen LogP contribution in [-0.2, 0) is 5.41 Å². The van der Waals surface area contributed by atoms with Crippen LogP contribution in [-0.4, -0.2) is 65.3 Å². The average Bonchev–Trinajstić information content (AvgIpc) is 2.96. The van der Waals surface area contributed by atoms with Crippen LogP contribution >= 0.6 is 0 Å². The molecule has 5 rings (SSSR count). The highest BCUT2D eigenvalue weighted by atomic mass is 16.3. The number of aryl methyl sites for hydroxylation is 2. The molecule has 2 aromatic rings. The summed E-state index contributed by atoms with van der Waals surface area (Å²) in [5.74, 6) is 0.837. The van der Waals surface area contributed by atoms with Gasteiger partial charge in [-0.25, -0.2) is 9.97 Å². The largest absolute Gasteiger partial charge is 0.390 e. The van der Waals surface area contributed by atoms with Gasteiger partial charge in [0.25, 0.3) is 0 Å². The van der Waals surface area contributed by atoms with Gasteiger partial charge >= 0.3 is 0 Å². The summed E-state index contributed by atoms with van der Waals surface area (Å²) in [6.07, 6.45) is 1.68. The van der Waals surface area contributed by atoms with Gasteiger partial charge in [-0.3, -0.25) is 4.90 Å². The van der Waals surface area contributed by atoms with Crippen molar-refractivity contribution in [3.63, 3.8) is 0 Å². The van der Waals surface area contributed by atoms with Crippen LogP contribution in [0.1, 0.15) is 41.4 Å². The summed E-state index contributed by atoms with van der Waals surface area (Å²) in [7, 11) is 0. The van der Waals surface area contributed by atoms with Crippen molar-refractivity contribution in [2.75, 3.05) is 44.2 Å². The summed E-state index contributed by atoms with van der Waals surface area (Å²) in [5.41, 5.74) is 4.64. The summed E-state index contributed by atoms with van der Waals surface area (Å²) in [6.45, 7) is 9.64. The molecule has 2 saturated heterocycles. The van der Waals surface area contributed by atoms with Crippen molar-refractivity contribution in [2.45, 2.75) is 44.2 Å². The molecule has 1 aliphatic carbocycles. The number of piperidine rings is 1. The van der Waals surface area contributed by atoms with E-state index in [9.17, 15) is 5.11 Å². The van der Waals surface area contributed by atoms with E-state index in [1.807, 2.05) is 19.9 Å². The van der Waals surface area contributed by atoms with Crippen molar-refractivity contribution in [1.82, 2.24) is 20.2 Å². The molecule has 0 bridgehead atoms. The molecule has 2 atom stereocenters. The van der Waals surface area contributed by atoms with Crippen LogP contribution in [0, 0.1) is 13.8 Å². The van der Waals surface area contributed by atoms with Crippen molar-refractivity contribution in [1.29, 1.82) is 0 Å². The minimum absolute atomic E-state index is 0.0895. The first kappa shape index (κ1) is 19.0. The Hall–Kier alpha value is -2.02. The number of rotatable bonds is 2. The Morgan fingerprint density at radius 2 is 1.66 bits per heavy atom. The maximum Gasteiger partial charge on any atom is 0.225 e. The van der Waals surface area contributed by atoms with Gasteiger partial charge in [0.15, 0.2) is 0 Å². The lowest BCUT2D eigenvalue weighted by atomic mass is 9.72. The van der Waals surface area contributed by atoms with Crippen LogP contribution in [0.4, 0.5) is 5.95 Å². The molecule has 154 valence electrons. The van der Waals surface area contributed by atoms with Gasteiger partial charge < -0.3 is 15.3 Å². The highest BCUT2D eigenvalue weighted by Crippen LogP contribution is 2.52. The maximum absolute atomic E-state index is 11.6. The number of fused-ring (bicyclic) bond motifs is 2. The third-order valence-electron chi connectivity index (χ3n) is 7.14. The predicted molar refractivity (Wildman–Crippen MR) is 114 cm³/mol. The van der Waals surface area contributed by atoms with E-state index >= 15 is 0 Å². The lowest BCUT2D eigenvalue weighted by Gasteiger charge is -2.43. The van der Waals surface area contributed by atoms with E-state index < -0.39 is 0 Å². The standard InChI is InChI=1S/C23H31N5O/c1-16-15-17(2)26-22(25-16)28-13-11-27(12-14-28)20-18-5-3-4-6-19(18)23(21(20)29)7-9-24-10-8-23/h3-6,15,20-21,24,29H,7-14H2,1-2H3/t20-,21+/m1/s1. The molecule has 6 nitrogen and oxygen atoms in total. The van der Waals surface area contributed by atoms with Crippen molar-refractivity contribution in [2.24, 2.45) is 0 Å². The number of aromatic nitrogens is 2. The van der Waals surface area contributed by atoms with Crippen LogP contribution in [0.5, 0.6) is 0 Å². The van der Waals surface area contributed by atoms with Crippen LogP contribution < -0.4 is 10.2 Å². The minimum Gasteiger partial charge on any atom is -0.390 e. The first-order valence-electron chi connectivity index (χ1n) is 10.9. The number of hydrogen-bond acceptors (Lipinski definition) is 6. The van der Waals surface area contributed by atoms with Crippen LogP contribution in [0.25, 0.3) is 0 Å². The van der Waals surface area contributed by atoms with Crippen molar-refractivity contribution in [3.8, 4) is 0 Å². The maximum atomic E-state index is 11.6. The third-order valence-corrected chi connectivity index (χ3v) is 7.14. The van der Waals surface area contributed by atoms with E-state index in [1.54, 1.807) is 0 Å². The quantitative estimate of drug-likeness (QED) is 0.813. The first-order valence-corrected chi connectivity index (χ1v) is 10.9. The van der Waals surface area contributed by atoms with E-state index in [1.165, 1.54) is 11.1 Å². The Morgan fingerprint density at radius 1 is 1.00 bits per heavy atom. The summed E-state index contributed by atoms with van der Waals surface area (Å²) < 4.78 is 0. The molecular formula is C23H31N5O. The summed E-state index contributed by atoms with van der Waals surface area (Å²) in [4.78, 5) is 14.0. The number of nitrogens with zero attached hydrogens (tertiary/aromatic N) is 4. The molecule has 0 saturated carbocycles. The highest BCUT2D eigenvalue weighted by molar-refractivity contribution is 5.46. The monoisotopic (exact) mass is 393 g/mol. The van der Waals surface area contributed by atoms with Gasteiger partial charge in [-0.1, -0.05) is 24.3 Å². The molecule has 0 unspecified atom stereocenters.